The van der Waals surface area contributed by atoms with E-state index in [0.29, 0.717) is 9.96 Å². The van der Waals surface area contributed by atoms with Gasteiger partial charge in [-0.3, -0.25) is 0 Å². The zero-order valence-electron chi connectivity index (χ0n) is 5.52. The van der Waals surface area contributed by atoms with Crippen molar-refractivity contribution in [2.75, 3.05) is 0 Å². The Morgan fingerprint density at radius 3 is 2.91 bits per heavy atom. The van der Waals surface area contributed by atoms with E-state index in [2.05, 4.69) is 24.8 Å². The lowest BCUT2D eigenvalue weighted by atomic mass is 10.3. The molecule has 1 aromatic heterocycles. The summed E-state index contributed by atoms with van der Waals surface area (Å²) in [5, 5.41) is 9.21. The van der Waals surface area contributed by atoms with Gasteiger partial charge in [0.25, 0.3) is 0 Å². The van der Waals surface area contributed by atoms with E-state index in [-0.39, 0.29) is 5.76 Å². The van der Waals surface area contributed by atoms with Gasteiger partial charge in [-0.25, -0.2) is 0 Å². The normalized spacial score (nSPS) is 11.5. The molecule has 0 amide bonds. The maximum atomic E-state index is 9.21. The molecule has 0 bridgehead atoms. The molecule has 1 N–H and O–H groups in total. The fourth-order valence-electron chi connectivity index (χ4n) is 0.612. The van der Waals surface area contributed by atoms with E-state index in [4.69, 9.17) is 4.42 Å². The van der Waals surface area contributed by atoms with Crippen LogP contribution in [-0.2, 0) is 0 Å². The van der Waals surface area contributed by atoms with Crippen molar-refractivity contribution in [2.45, 2.75) is 0 Å². The average molecular weight is 186 g/mol. The predicted molar refractivity (Wildman–Crippen MR) is 50.9 cm³/mol. The summed E-state index contributed by atoms with van der Waals surface area (Å²) >= 11 is 8.45. The highest BCUT2D eigenvalue weighted by Gasteiger charge is 2.00. The minimum absolute atomic E-state index is 0.00463. The topological polar surface area (TPSA) is 33.4 Å². The van der Waals surface area contributed by atoms with Crippen molar-refractivity contribution in [3.63, 3.8) is 0 Å². The fourth-order valence-corrected chi connectivity index (χ4v) is 0.846. The summed E-state index contributed by atoms with van der Waals surface area (Å²) in [6.07, 6.45) is 2.82. The van der Waals surface area contributed by atoms with Crippen LogP contribution in [0.3, 0.4) is 0 Å². The van der Waals surface area contributed by atoms with Crippen molar-refractivity contribution in [1.29, 1.82) is 0 Å². The number of aliphatic hydroxyl groups is 1. The second-order valence-electron chi connectivity index (χ2n) is 1.85. The molecule has 0 saturated carbocycles. The van der Waals surface area contributed by atoms with Crippen molar-refractivity contribution in [2.24, 2.45) is 0 Å². The fraction of sp³-hybridized carbons (Fsp3) is 0. The largest absolute Gasteiger partial charge is 0.504 e. The molecule has 0 unspecified atom stereocenters. The zero-order valence-corrected chi connectivity index (χ0v) is 7.23. The van der Waals surface area contributed by atoms with Crippen LogP contribution < -0.4 is 0 Å². The molecule has 1 rings (SSSR count). The summed E-state index contributed by atoms with van der Waals surface area (Å²) in [6.45, 7) is 0. The molecular weight excluding hydrogens is 180 g/mol. The van der Waals surface area contributed by atoms with Gasteiger partial charge >= 0.3 is 0 Å². The molecule has 0 atom stereocenters. The van der Waals surface area contributed by atoms with Crippen LogP contribution in [0.5, 0.6) is 0 Å². The Bertz CT molecular complexity index is 275. The molecule has 11 heavy (non-hydrogen) atoms. The molecule has 0 radical (unpaired) electrons. The second-order valence-corrected chi connectivity index (χ2v) is 3.07. The Balaban J connectivity index is 2.86. The molecule has 0 aromatic carbocycles. The Morgan fingerprint density at radius 1 is 1.73 bits per heavy atom. The zero-order chi connectivity index (χ0) is 8.27. The molecule has 0 fully saturated rings. The highest BCUT2D eigenvalue weighted by molar-refractivity contribution is 8.11. The van der Waals surface area contributed by atoms with Gasteiger partial charge in [0.05, 0.1) is 10.5 Å². The number of hydrogen-bond acceptors (Lipinski definition) is 3. The van der Waals surface area contributed by atoms with Gasteiger partial charge in [0.15, 0.2) is 11.5 Å². The van der Waals surface area contributed by atoms with Crippen LogP contribution in [0.15, 0.2) is 28.9 Å². The van der Waals surface area contributed by atoms with Crippen molar-refractivity contribution in [3.8, 4) is 0 Å². The third-order valence-corrected chi connectivity index (χ3v) is 1.28. The molecule has 1 heterocycles. The number of aliphatic hydroxyl groups excluding tert-OH is 1. The van der Waals surface area contributed by atoms with Crippen molar-refractivity contribution >= 4 is 34.8 Å². The van der Waals surface area contributed by atoms with Crippen LogP contribution >= 0.6 is 24.8 Å². The molecular formula is C7H6O2S2. The SMILES string of the molecule is O/C(=C\C(=S)S)c1ccco1. The lowest BCUT2D eigenvalue weighted by molar-refractivity contribution is 0.460. The van der Waals surface area contributed by atoms with Crippen molar-refractivity contribution in [1.82, 2.24) is 0 Å². The maximum absolute atomic E-state index is 9.21. The van der Waals surface area contributed by atoms with Gasteiger partial charge in [0, 0.05) is 6.08 Å². The van der Waals surface area contributed by atoms with Gasteiger partial charge in [-0.2, -0.15) is 0 Å². The first-order chi connectivity index (χ1) is 5.20. The Labute approximate surface area is 74.9 Å². The van der Waals surface area contributed by atoms with Crippen LogP contribution in [0.4, 0.5) is 0 Å². The van der Waals surface area contributed by atoms with E-state index in [1.807, 2.05) is 0 Å². The third-order valence-electron chi connectivity index (χ3n) is 1.03. The number of thiocarbonyl (C=S) groups is 1. The Kier molecular flexibility index (Phi) is 2.73. The summed E-state index contributed by atoms with van der Waals surface area (Å²) in [4.78, 5) is 0. The van der Waals surface area contributed by atoms with Gasteiger partial charge < -0.3 is 9.52 Å². The van der Waals surface area contributed by atoms with Gasteiger partial charge in [0.1, 0.15) is 0 Å². The third kappa shape index (κ3) is 2.40. The van der Waals surface area contributed by atoms with Crippen LogP contribution in [0, 0.1) is 0 Å². The average Bonchev–Trinajstić information content (AvgIpc) is 2.35. The Morgan fingerprint density at radius 2 is 2.45 bits per heavy atom. The van der Waals surface area contributed by atoms with Crippen LogP contribution in [-0.4, -0.2) is 9.30 Å². The molecule has 0 aliphatic rings. The molecule has 2 nitrogen and oxygen atoms in total. The van der Waals surface area contributed by atoms with Gasteiger partial charge in [0.2, 0.25) is 0 Å². The molecule has 0 aliphatic heterocycles. The Hall–Kier alpha value is -0.740. The molecule has 0 spiro atoms. The van der Waals surface area contributed by atoms with E-state index < -0.39 is 0 Å². The minimum atomic E-state index is -0.00463. The van der Waals surface area contributed by atoms with E-state index in [0.717, 1.165) is 0 Å². The highest BCUT2D eigenvalue weighted by atomic mass is 32.1. The standard InChI is InChI=1S/C7H6O2S2/c8-5(4-7(10)11)6-2-1-3-9-6/h1-4,8H,(H,10,11)/b5-4-. The van der Waals surface area contributed by atoms with E-state index in [1.54, 1.807) is 12.1 Å². The minimum Gasteiger partial charge on any atom is -0.504 e. The number of hydrogen-bond donors (Lipinski definition) is 2. The summed E-state index contributed by atoms with van der Waals surface area (Å²) in [5.41, 5.74) is 0. The first-order valence-electron chi connectivity index (χ1n) is 2.87. The van der Waals surface area contributed by atoms with Gasteiger partial charge in [-0.1, -0.05) is 12.2 Å². The molecule has 58 valence electrons. The van der Waals surface area contributed by atoms with E-state index >= 15 is 0 Å². The van der Waals surface area contributed by atoms with Gasteiger partial charge in [-0.15, -0.1) is 12.6 Å². The van der Waals surface area contributed by atoms with Crippen LogP contribution in [0.25, 0.3) is 5.76 Å². The summed E-state index contributed by atoms with van der Waals surface area (Å²) < 4.78 is 5.20. The molecule has 0 saturated heterocycles. The molecule has 1 aromatic rings. The van der Waals surface area contributed by atoms with Gasteiger partial charge in [-0.05, 0) is 12.1 Å². The first-order valence-corrected chi connectivity index (χ1v) is 3.73. The second kappa shape index (κ2) is 3.59. The van der Waals surface area contributed by atoms with Crippen molar-refractivity contribution < 1.29 is 9.52 Å². The number of rotatable bonds is 2. The monoisotopic (exact) mass is 186 g/mol. The predicted octanol–water partition coefficient (Wildman–Crippen LogP) is 2.44. The highest BCUT2D eigenvalue weighted by Crippen LogP contribution is 2.11. The van der Waals surface area contributed by atoms with Crippen molar-refractivity contribution in [3.05, 3.63) is 30.2 Å². The summed E-state index contributed by atoms with van der Waals surface area (Å²) in [6, 6.07) is 3.32. The van der Waals surface area contributed by atoms with Crippen LogP contribution in [0.2, 0.25) is 0 Å². The number of thiol groups is 1. The van der Waals surface area contributed by atoms with E-state index in [9.17, 15) is 5.11 Å². The van der Waals surface area contributed by atoms with E-state index in [1.165, 1.54) is 12.3 Å². The summed E-state index contributed by atoms with van der Waals surface area (Å²) in [7, 11) is 0. The lowest BCUT2D eigenvalue weighted by Gasteiger charge is -1.91. The first kappa shape index (κ1) is 8.36. The summed E-state index contributed by atoms with van der Waals surface area (Å²) in [5.74, 6) is 0.386. The number of furan rings is 1. The molecule has 0 aliphatic carbocycles. The quantitative estimate of drug-likeness (QED) is 0.322. The maximum Gasteiger partial charge on any atom is 0.168 e. The van der Waals surface area contributed by atoms with Crippen LogP contribution in [0.1, 0.15) is 5.76 Å². The lowest BCUT2D eigenvalue weighted by Crippen LogP contribution is -1.81. The molecule has 4 heteroatoms. The smallest absolute Gasteiger partial charge is 0.168 e.